The molecular formula is C26H31N3O3. The molecule has 0 unspecified atom stereocenters. The fraction of sp³-hybridized carbons (Fsp3) is 0.423. The van der Waals surface area contributed by atoms with Crippen LogP contribution >= 0.6 is 0 Å². The highest BCUT2D eigenvalue weighted by molar-refractivity contribution is 6.08. The van der Waals surface area contributed by atoms with E-state index in [4.69, 9.17) is 9.72 Å². The average molecular weight is 434 g/mol. The first kappa shape index (κ1) is 22.1. The van der Waals surface area contributed by atoms with Crippen molar-refractivity contribution in [2.24, 2.45) is 5.92 Å². The molecular weight excluding hydrogens is 402 g/mol. The summed E-state index contributed by atoms with van der Waals surface area (Å²) in [7, 11) is 0. The normalized spacial score (nSPS) is 18.1. The van der Waals surface area contributed by atoms with Crippen molar-refractivity contribution in [2.75, 3.05) is 18.1 Å². The van der Waals surface area contributed by atoms with E-state index in [1.165, 1.54) is 5.56 Å². The van der Waals surface area contributed by atoms with E-state index in [2.05, 4.69) is 30.5 Å². The highest BCUT2D eigenvalue weighted by atomic mass is 16.5. The Morgan fingerprint density at radius 3 is 2.47 bits per heavy atom. The number of anilines is 1. The number of para-hydroxylation sites is 2. The monoisotopic (exact) mass is 433 g/mol. The second-order valence-corrected chi connectivity index (χ2v) is 8.24. The van der Waals surface area contributed by atoms with Crippen LogP contribution < -0.4 is 4.90 Å². The van der Waals surface area contributed by atoms with Gasteiger partial charge in [-0.2, -0.15) is 0 Å². The molecule has 0 fully saturated rings. The van der Waals surface area contributed by atoms with E-state index < -0.39 is 17.9 Å². The highest BCUT2D eigenvalue weighted by Crippen LogP contribution is 2.41. The molecule has 32 heavy (non-hydrogen) atoms. The van der Waals surface area contributed by atoms with Crippen LogP contribution in [0.1, 0.15) is 57.2 Å². The summed E-state index contributed by atoms with van der Waals surface area (Å²) in [6.45, 7) is 6.78. The Labute approximate surface area is 189 Å². The number of aromatic nitrogens is 2. The number of aryl methyl sites for hydroxylation is 1. The fourth-order valence-electron chi connectivity index (χ4n) is 4.53. The molecule has 1 aliphatic heterocycles. The molecule has 4 rings (SSSR count). The quantitative estimate of drug-likeness (QED) is 0.288. The van der Waals surface area contributed by atoms with Crippen LogP contribution in [0.4, 0.5) is 5.95 Å². The molecule has 0 saturated heterocycles. The van der Waals surface area contributed by atoms with Crippen LogP contribution in [-0.2, 0) is 20.7 Å². The molecule has 0 spiro atoms. The van der Waals surface area contributed by atoms with Gasteiger partial charge in [0.15, 0.2) is 5.92 Å². The van der Waals surface area contributed by atoms with E-state index in [0.29, 0.717) is 12.5 Å². The number of rotatable bonds is 8. The van der Waals surface area contributed by atoms with Gasteiger partial charge in [-0.25, -0.2) is 4.98 Å². The van der Waals surface area contributed by atoms with E-state index in [-0.39, 0.29) is 12.5 Å². The summed E-state index contributed by atoms with van der Waals surface area (Å²) in [5.41, 5.74) is 3.84. The molecule has 168 valence electrons. The summed E-state index contributed by atoms with van der Waals surface area (Å²) in [4.78, 5) is 33.4. The van der Waals surface area contributed by atoms with Crippen LogP contribution in [-0.4, -0.2) is 34.6 Å². The van der Waals surface area contributed by atoms with Crippen LogP contribution in [0.5, 0.6) is 0 Å². The second kappa shape index (κ2) is 9.55. The lowest BCUT2D eigenvalue weighted by atomic mass is 9.88. The fourth-order valence-corrected chi connectivity index (χ4v) is 4.53. The molecule has 6 nitrogen and oxygen atoms in total. The van der Waals surface area contributed by atoms with E-state index in [1.54, 1.807) is 11.8 Å². The van der Waals surface area contributed by atoms with Crippen LogP contribution in [0.3, 0.4) is 0 Å². The lowest BCUT2D eigenvalue weighted by Crippen LogP contribution is -2.50. The van der Waals surface area contributed by atoms with E-state index in [0.717, 1.165) is 42.3 Å². The van der Waals surface area contributed by atoms with Gasteiger partial charge in [0.05, 0.1) is 23.7 Å². The Balaban J connectivity index is 1.92. The van der Waals surface area contributed by atoms with Gasteiger partial charge in [-0.15, -0.1) is 0 Å². The number of hydrogen-bond donors (Lipinski definition) is 0. The maximum absolute atomic E-state index is 13.8. The number of hydrogen-bond acceptors (Lipinski definition) is 4. The van der Waals surface area contributed by atoms with Crippen molar-refractivity contribution in [3.8, 4) is 0 Å². The van der Waals surface area contributed by atoms with Crippen molar-refractivity contribution in [1.29, 1.82) is 0 Å². The Bertz CT molecular complexity index is 1100. The van der Waals surface area contributed by atoms with Gasteiger partial charge in [0.2, 0.25) is 11.9 Å². The molecule has 1 amide bonds. The summed E-state index contributed by atoms with van der Waals surface area (Å²) in [5, 5.41) is 0. The molecule has 0 aliphatic carbocycles. The Morgan fingerprint density at radius 2 is 1.78 bits per heavy atom. The predicted molar refractivity (Wildman–Crippen MR) is 126 cm³/mol. The number of ether oxygens (including phenoxy) is 1. The van der Waals surface area contributed by atoms with Gasteiger partial charge >= 0.3 is 5.97 Å². The minimum Gasteiger partial charge on any atom is -0.465 e. The molecule has 6 heteroatoms. The number of benzene rings is 2. The zero-order valence-corrected chi connectivity index (χ0v) is 19.1. The molecule has 1 aromatic heterocycles. The van der Waals surface area contributed by atoms with Crippen molar-refractivity contribution in [3.05, 3.63) is 59.7 Å². The number of esters is 1. The van der Waals surface area contributed by atoms with Gasteiger partial charge in [0.25, 0.3) is 0 Å². The zero-order valence-electron chi connectivity index (χ0n) is 19.1. The molecule has 3 aromatic rings. The smallest absolute Gasteiger partial charge is 0.321 e. The number of nitrogens with zero attached hydrogens (tertiary/aromatic N) is 3. The first-order valence-electron chi connectivity index (χ1n) is 11.6. The molecule has 2 atom stereocenters. The molecule has 2 aromatic carbocycles. The number of carbonyl (C=O) groups is 2. The standard InChI is InChI=1S/C26H31N3O3/c1-4-7-10-17-28-24(30)22(25(31)32-6-3)23(19-15-13-18(5-2)14-16-19)29-21-12-9-8-11-20(21)27-26(28)29/h8-9,11-16,22-23H,4-7,10,17H2,1-3H3/t22-,23-/m1/s1. The Morgan fingerprint density at radius 1 is 1.03 bits per heavy atom. The minimum absolute atomic E-state index is 0.230. The lowest BCUT2D eigenvalue weighted by molar-refractivity contribution is -0.153. The summed E-state index contributed by atoms with van der Waals surface area (Å²) >= 11 is 0. The SMILES string of the molecule is CCCCCN1C(=O)[C@H](C(=O)OCC)[C@@H](c2ccc(CC)cc2)n2c1nc1ccccc12. The summed E-state index contributed by atoms with van der Waals surface area (Å²) < 4.78 is 7.47. The number of unbranched alkanes of at least 4 members (excludes halogenated alkanes) is 2. The Kier molecular flexibility index (Phi) is 6.58. The van der Waals surface area contributed by atoms with Crippen molar-refractivity contribution in [2.45, 2.75) is 52.5 Å². The first-order valence-corrected chi connectivity index (χ1v) is 11.6. The number of amides is 1. The molecule has 2 heterocycles. The van der Waals surface area contributed by atoms with Gasteiger partial charge in [-0.3, -0.25) is 14.5 Å². The van der Waals surface area contributed by atoms with Crippen molar-refractivity contribution in [1.82, 2.24) is 9.55 Å². The second-order valence-electron chi connectivity index (χ2n) is 8.24. The van der Waals surface area contributed by atoms with E-state index >= 15 is 0 Å². The molecule has 0 bridgehead atoms. The third-order valence-electron chi connectivity index (χ3n) is 6.20. The van der Waals surface area contributed by atoms with E-state index in [1.807, 2.05) is 36.4 Å². The zero-order chi connectivity index (χ0) is 22.7. The van der Waals surface area contributed by atoms with Crippen LogP contribution in [0.2, 0.25) is 0 Å². The highest BCUT2D eigenvalue weighted by Gasteiger charge is 2.47. The van der Waals surface area contributed by atoms with Gasteiger partial charge in [-0.05, 0) is 43.0 Å². The Hall–Kier alpha value is -3.15. The van der Waals surface area contributed by atoms with Crippen LogP contribution in [0.25, 0.3) is 11.0 Å². The number of fused-ring (bicyclic) bond motifs is 3. The predicted octanol–water partition coefficient (Wildman–Crippen LogP) is 4.90. The number of imidazole rings is 1. The average Bonchev–Trinajstić information content (AvgIpc) is 3.19. The maximum atomic E-state index is 13.8. The van der Waals surface area contributed by atoms with Gasteiger partial charge in [-0.1, -0.05) is 63.1 Å². The molecule has 0 saturated carbocycles. The van der Waals surface area contributed by atoms with Crippen molar-refractivity contribution >= 4 is 28.9 Å². The maximum Gasteiger partial charge on any atom is 0.321 e. The van der Waals surface area contributed by atoms with Crippen molar-refractivity contribution < 1.29 is 14.3 Å². The third kappa shape index (κ3) is 3.90. The van der Waals surface area contributed by atoms with E-state index in [9.17, 15) is 9.59 Å². The number of carbonyl (C=O) groups excluding carboxylic acids is 2. The molecule has 1 aliphatic rings. The van der Waals surface area contributed by atoms with Gasteiger partial charge < -0.3 is 9.30 Å². The summed E-state index contributed by atoms with van der Waals surface area (Å²) in [5.74, 6) is -1.05. The van der Waals surface area contributed by atoms with Gasteiger partial charge in [0, 0.05) is 6.54 Å². The van der Waals surface area contributed by atoms with Crippen molar-refractivity contribution in [3.63, 3.8) is 0 Å². The topological polar surface area (TPSA) is 64.4 Å². The van der Waals surface area contributed by atoms with Gasteiger partial charge in [0.1, 0.15) is 0 Å². The van der Waals surface area contributed by atoms with Crippen LogP contribution in [0, 0.1) is 5.92 Å². The first-order chi connectivity index (χ1) is 15.6. The van der Waals surface area contributed by atoms with Crippen LogP contribution in [0.15, 0.2) is 48.5 Å². The molecule has 0 radical (unpaired) electrons. The summed E-state index contributed by atoms with van der Waals surface area (Å²) in [6, 6.07) is 15.5. The largest absolute Gasteiger partial charge is 0.465 e. The summed E-state index contributed by atoms with van der Waals surface area (Å²) in [6.07, 6.45) is 3.84. The minimum atomic E-state index is -0.950. The molecule has 0 N–H and O–H groups in total. The lowest BCUT2D eigenvalue weighted by Gasteiger charge is -2.38. The third-order valence-corrected chi connectivity index (χ3v) is 6.20.